The molecule has 1 aliphatic rings. The van der Waals surface area contributed by atoms with Gasteiger partial charge in [-0.25, -0.2) is 9.18 Å². The number of nitrogens with zero attached hydrogens (tertiary/aromatic N) is 1. The molecule has 1 aromatic rings. The SMILES string of the molecule is O=C(c1cccc(C(F)(F)F)c1F)C1CCN(C(=O)O)CC1. The monoisotopic (exact) mass is 319 g/mol. The lowest BCUT2D eigenvalue weighted by Gasteiger charge is -2.29. The Morgan fingerprint density at radius 2 is 1.77 bits per heavy atom. The number of carbonyl (C=O) groups is 2. The van der Waals surface area contributed by atoms with E-state index in [4.69, 9.17) is 5.11 Å². The van der Waals surface area contributed by atoms with E-state index in [-0.39, 0.29) is 25.9 Å². The van der Waals surface area contributed by atoms with Crippen LogP contribution >= 0.6 is 0 Å². The first-order valence-corrected chi connectivity index (χ1v) is 6.59. The molecule has 0 atom stereocenters. The molecule has 1 heterocycles. The molecule has 1 aromatic carbocycles. The Bertz CT molecular complexity index is 592. The lowest BCUT2D eigenvalue weighted by molar-refractivity contribution is -0.140. The number of carboxylic acid groups (broad SMARTS) is 1. The zero-order valence-corrected chi connectivity index (χ0v) is 11.4. The van der Waals surface area contributed by atoms with Gasteiger partial charge >= 0.3 is 12.3 Å². The summed E-state index contributed by atoms with van der Waals surface area (Å²) in [5, 5.41) is 8.81. The molecule has 1 saturated heterocycles. The lowest BCUT2D eigenvalue weighted by Crippen LogP contribution is -2.39. The predicted octanol–water partition coefficient (Wildman–Crippen LogP) is 3.42. The summed E-state index contributed by atoms with van der Waals surface area (Å²) in [5.41, 5.74) is -2.06. The molecular formula is C14H13F4NO3. The van der Waals surface area contributed by atoms with E-state index in [0.29, 0.717) is 6.07 Å². The van der Waals surface area contributed by atoms with E-state index in [9.17, 15) is 27.2 Å². The van der Waals surface area contributed by atoms with Crippen molar-refractivity contribution in [2.45, 2.75) is 19.0 Å². The first-order valence-electron chi connectivity index (χ1n) is 6.59. The number of hydrogen-bond acceptors (Lipinski definition) is 2. The largest absolute Gasteiger partial charge is 0.465 e. The Labute approximate surface area is 123 Å². The second-order valence-electron chi connectivity index (χ2n) is 5.07. The van der Waals surface area contributed by atoms with Crippen molar-refractivity contribution in [3.63, 3.8) is 0 Å². The molecule has 0 aliphatic carbocycles. The number of benzene rings is 1. The third-order valence-corrected chi connectivity index (χ3v) is 3.71. The van der Waals surface area contributed by atoms with Gasteiger partial charge in [-0.15, -0.1) is 0 Å². The molecule has 0 bridgehead atoms. The Morgan fingerprint density at radius 1 is 1.18 bits per heavy atom. The zero-order chi connectivity index (χ0) is 16.5. The highest BCUT2D eigenvalue weighted by molar-refractivity contribution is 5.98. The maximum Gasteiger partial charge on any atom is 0.419 e. The van der Waals surface area contributed by atoms with Crippen LogP contribution in [-0.2, 0) is 6.18 Å². The van der Waals surface area contributed by atoms with E-state index in [0.717, 1.165) is 17.0 Å². The Kier molecular flexibility index (Phi) is 4.39. The van der Waals surface area contributed by atoms with Crippen LogP contribution in [0.5, 0.6) is 0 Å². The molecular weight excluding hydrogens is 306 g/mol. The van der Waals surface area contributed by atoms with Gasteiger partial charge in [0.2, 0.25) is 0 Å². The summed E-state index contributed by atoms with van der Waals surface area (Å²) in [6, 6.07) is 2.60. The highest BCUT2D eigenvalue weighted by Gasteiger charge is 2.37. The number of amides is 1. The van der Waals surface area contributed by atoms with Gasteiger partial charge in [0.15, 0.2) is 5.78 Å². The molecule has 1 aliphatic heterocycles. The average Bonchev–Trinajstić information content (AvgIpc) is 2.45. The number of alkyl halides is 3. The van der Waals surface area contributed by atoms with Crippen LogP contribution in [0.25, 0.3) is 0 Å². The van der Waals surface area contributed by atoms with Crippen LogP contribution in [0.4, 0.5) is 22.4 Å². The zero-order valence-electron chi connectivity index (χ0n) is 11.4. The number of piperidine rings is 1. The minimum absolute atomic E-state index is 0.103. The third kappa shape index (κ3) is 3.20. The van der Waals surface area contributed by atoms with E-state index < -0.39 is 40.9 Å². The normalized spacial score (nSPS) is 16.6. The summed E-state index contributed by atoms with van der Waals surface area (Å²) in [6.07, 6.45) is -5.65. The van der Waals surface area contributed by atoms with Gasteiger partial charge in [-0.1, -0.05) is 6.07 Å². The minimum atomic E-state index is -4.87. The summed E-state index contributed by atoms with van der Waals surface area (Å²) in [7, 11) is 0. The number of hydrogen-bond donors (Lipinski definition) is 1. The van der Waals surface area contributed by atoms with E-state index in [2.05, 4.69) is 0 Å². The van der Waals surface area contributed by atoms with Crippen molar-refractivity contribution in [3.05, 3.63) is 35.1 Å². The first-order chi connectivity index (χ1) is 10.2. The summed E-state index contributed by atoms with van der Waals surface area (Å²) in [6.45, 7) is 0.207. The topological polar surface area (TPSA) is 57.6 Å². The fourth-order valence-electron chi connectivity index (χ4n) is 2.49. The van der Waals surface area contributed by atoms with Gasteiger partial charge in [0.25, 0.3) is 0 Å². The van der Waals surface area contributed by atoms with Crippen molar-refractivity contribution in [3.8, 4) is 0 Å². The van der Waals surface area contributed by atoms with Crippen molar-refractivity contribution >= 4 is 11.9 Å². The van der Waals surface area contributed by atoms with Gasteiger partial charge in [-0.3, -0.25) is 4.79 Å². The van der Waals surface area contributed by atoms with Crippen molar-refractivity contribution in [1.82, 2.24) is 4.90 Å². The van der Waals surface area contributed by atoms with Gasteiger partial charge in [-0.2, -0.15) is 13.2 Å². The number of ketones is 1. The second-order valence-corrected chi connectivity index (χ2v) is 5.07. The molecule has 0 saturated carbocycles. The average molecular weight is 319 g/mol. The molecule has 2 rings (SSSR count). The Balaban J connectivity index is 2.19. The van der Waals surface area contributed by atoms with Gasteiger partial charge in [-0.05, 0) is 25.0 Å². The fraction of sp³-hybridized carbons (Fsp3) is 0.429. The standard InChI is InChI=1S/C14H13F4NO3/c15-11-9(2-1-3-10(11)14(16,17)18)12(20)8-4-6-19(7-5-8)13(21)22/h1-3,8H,4-7H2,(H,21,22). The van der Waals surface area contributed by atoms with Gasteiger partial charge in [0, 0.05) is 19.0 Å². The van der Waals surface area contributed by atoms with Crippen LogP contribution in [0.3, 0.4) is 0 Å². The highest BCUT2D eigenvalue weighted by atomic mass is 19.4. The summed E-state index contributed by atoms with van der Waals surface area (Å²) >= 11 is 0. The molecule has 0 spiro atoms. The van der Waals surface area contributed by atoms with Gasteiger partial charge in [0.1, 0.15) is 5.82 Å². The summed E-state index contributed by atoms with van der Waals surface area (Å²) in [4.78, 5) is 24.1. The van der Waals surface area contributed by atoms with Crippen LogP contribution < -0.4 is 0 Å². The van der Waals surface area contributed by atoms with Crippen molar-refractivity contribution in [2.24, 2.45) is 5.92 Å². The molecule has 1 amide bonds. The Morgan fingerprint density at radius 3 is 2.27 bits per heavy atom. The maximum absolute atomic E-state index is 13.9. The number of Topliss-reactive ketones (excluding diaryl/α,β-unsaturated/α-hetero) is 1. The van der Waals surface area contributed by atoms with Crippen LogP contribution in [0.1, 0.15) is 28.8 Å². The first kappa shape index (κ1) is 16.3. The Hall–Kier alpha value is -2.12. The predicted molar refractivity (Wildman–Crippen MR) is 68.1 cm³/mol. The quantitative estimate of drug-likeness (QED) is 0.671. The van der Waals surface area contributed by atoms with Crippen LogP contribution in [0.15, 0.2) is 18.2 Å². The lowest BCUT2D eigenvalue weighted by atomic mass is 9.88. The number of halogens is 4. The molecule has 0 aromatic heterocycles. The van der Waals surface area contributed by atoms with Crippen LogP contribution in [-0.4, -0.2) is 35.0 Å². The molecule has 1 N–H and O–H groups in total. The van der Waals surface area contributed by atoms with Crippen molar-refractivity contribution < 1.29 is 32.3 Å². The molecule has 8 heteroatoms. The molecule has 22 heavy (non-hydrogen) atoms. The highest BCUT2D eigenvalue weighted by Crippen LogP contribution is 2.33. The summed E-state index contributed by atoms with van der Waals surface area (Å²) in [5.74, 6) is -2.96. The van der Waals surface area contributed by atoms with Crippen molar-refractivity contribution in [1.29, 1.82) is 0 Å². The molecule has 4 nitrogen and oxygen atoms in total. The van der Waals surface area contributed by atoms with Gasteiger partial charge in [0.05, 0.1) is 11.1 Å². The molecule has 1 fully saturated rings. The minimum Gasteiger partial charge on any atom is -0.465 e. The smallest absolute Gasteiger partial charge is 0.419 e. The van der Waals surface area contributed by atoms with E-state index >= 15 is 0 Å². The number of likely N-dealkylation sites (tertiary alicyclic amines) is 1. The molecule has 0 radical (unpaired) electrons. The summed E-state index contributed by atoms with van der Waals surface area (Å²) < 4.78 is 51.9. The van der Waals surface area contributed by atoms with Crippen molar-refractivity contribution in [2.75, 3.05) is 13.1 Å². The molecule has 0 unspecified atom stereocenters. The third-order valence-electron chi connectivity index (χ3n) is 3.71. The van der Waals surface area contributed by atoms with E-state index in [1.165, 1.54) is 0 Å². The fourth-order valence-corrected chi connectivity index (χ4v) is 2.49. The molecule has 120 valence electrons. The van der Waals surface area contributed by atoms with E-state index in [1.807, 2.05) is 0 Å². The second kappa shape index (κ2) is 5.94. The number of carbonyl (C=O) groups excluding carboxylic acids is 1. The van der Waals surface area contributed by atoms with Crippen LogP contribution in [0.2, 0.25) is 0 Å². The van der Waals surface area contributed by atoms with Gasteiger partial charge < -0.3 is 10.0 Å². The maximum atomic E-state index is 13.9. The van der Waals surface area contributed by atoms with Crippen LogP contribution in [0, 0.1) is 11.7 Å². The van der Waals surface area contributed by atoms with E-state index in [1.54, 1.807) is 0 Å². The number of rotatable bonds is 2.